The molecular weight excluding hydrogens is 414 g/mol. The number of nitrogens with zero attached hydrogens (tertiary/aromatic N) is 1. The first-order valence-corrected chi connectivity index (χ1v) is 11.5. The molecule has 0 radical (unpaired) electrons. The lowest BCUT2D eigenvalue weighted by molar-refractivity contribution is -0.0766. The van der Waals surface area contributed by atoms with Gasteiger partial charge in [0.25, 0.3) is 0 Å². The third-order valence-corrected chi connectivity index (χ3v) is 6.42. The molecular formula is C29H26ClNO. The summed E-state index contributed by atoms with van der Waals surface area (Å²) < 4.78 is 6.64. The molecule has 3 heteroatoms. The zero-order valence-corrected chi connectivity index (χ0v) is 19.1. The Labute approximate surface area is 194 Å². The maximum absolute atomic E-state index is 6.64. The smallest absolute Gasteiger partial charge is 0.0886 e. The lowest BCUT2D eigenvalue weighted by Crippen LogP contribution is -2.23. The van der Waals surface area contributed by atoms with Gasteiger partial charge in [-0.15, -0.1) is 0 Å². The maximum atomic E-state index is 6.64. The average Bonchev–Trinajstić information content (AvgIpc) is 2.93. The van der Waals surface area contributed by atoms with Crippen molar-refractivity contribution in [2.24, 2.45) is 0 Å². The highest BCUT2D eigenvalue weighted by molar-refractivity contribution is 6.31. The summed E-state index contributed by atoms with van der Waals surface area (Å²) in [5.41, 5.74) is 6.53. The lowest BCUT2D eigenvalue weighted by Gasteiger charge is -2.30. The van der Waals surface area contributed by atoms with Crippen LogP contribution in [0.4, 0.5) is 0 Å². The van der Waals surface area contributed by atoms with Crippen LogP contribution in [-0.4, -0.2) is 4.98 Å². The molecule has 1 atom stereocenters. The van der Waals surface area contributed by atoms with Gasteiger partial charge in [0.05, 0.1) is 22.9 Å². The Morgan fingerprint density at radius 2 is 1.78 bits per heavy atom. The van der Waals surface area contributed by atoms with Crippen LogP contribution in [0.15, 0.2) is 78.9 Å². The van der Waals surface area contributed by atoms with Gasteiger partial charge in [-0.25, -0.2) is 4.98 Å². The van der Waals surface area contributed by atoms with E-state index in [9.17, 15) is 0 Å². The number of hydrogen-bond acceptors (Lipinski definition) is 2. The van der Waals surface area contributed by atoms with Gasteiger partial charge in [-0.2, -0.15) is 0 Å². The van der Waals surface area contributed by atoms with Crippen LogP contribution in [0.3, 0.4) is 0 Å². The largest absolute Gasteiger partial charge is 0.363 e. The van der Waals surface area contributed by atoms with Crippen LogP contribution >= 0.6 is 11.6 Å². The van der Waals surface area contributed by atoms with E-state index in [4.69, 9.17) is 21.3 Å². The molecule has 4 aromatic rings. The molecule has 1 aliphatic heterocycles. The van der Waals surface area contributed by atoms with E-state index in [0.717, 1.165) is 35.0 Å². The highest BCUT2D eigenvalue weighted by Crippen LogP contribution is 2.39. The van der Waals surface area contributed by atoms with Crippen molar-refractivity contribution in [1.29, 1.82) is 0 Å². The Morgan fingerprint density at radius 3 is 2.69 bits per heavy atom. The fourth-order valence-corrected chi connectivity index (χ4v) is 4.73. The predicted octanol–water partition coefficient (Wildman–Crippen LogP) is 8.00. The number of hydrogen-bond donors (Lipinski definition) is 0. The fraction of sp³-hybridized carbons (Fsp3) is 0.207. The van der Waals surface area contributed by atoms with E-state index in [1.807, 2.05) is 30.3 Å². The summed E-state index contributed by atoms with van der Waals surface area (Å²) in [5, 5.41) is 1.79. The minimum Gasteiger partial charge on any atom is -0.363 e. The number of fused-ring (bicyclic) bond motifs is 2. The quantitative estimate of drug-likeness (QED) is 0.322. The Kier molecular flexibility index (Phi) is 5.58. The number of benzene rings is 3. The third kappa shape index (κ3) is 4.34. The number of pyridine rings is 1. The van der Waals surface area contributed by atoms with E-state index < -0.39 is 0 Å². The van der Waals surface area contributed by atoms with E-state index in [0.29, 0.717) is 5.02 Å². The molecule has 160 valence electrons. The summed E-state index contributed by atoms with van der Waals surface area (Å²) in [6, 6.07) is 27.2. The molecule has 0 spiro atoms. The molecule has 2 nitrogen and oxygen atoms in total. The van der Waals surface area contributed by atoms with Crippen molar-refractivity contribution in [3.05, 3.63) is 112 Å². The van der Waals surface area contributed by atoms with E-state index >= 15 is 0 Å². The number of ether oxygens (including phenoxy) is 1. The monoisotopic (exact) mass is 439 g/mol. The molecule has 5 rings (SSSR count). The van der Waals surface area contributed by atoms with Crippen LogP contribution < -0.4 is 0 Å². The summed E-state index contributed by atoms with van der Waals surface area (Å²) in [6.07, 6.45) is 6.22. The third-order valence-electron chi connectivity index (χ3n) is 6.18. The Bertz CT molecular complexity index is 1310. The molecule has 0 N–H and O–H groups in total. The van der Waals surface area contributed by atoms with Crippen LogP contribution in [0.2, 0.25) is 5.02 Å². The molecule has 0 saturated heterocycles. The molecule has 2 heterocycles. The first-order chi connectivity index (χ1) is 15.5. The van der Waals surface area contributed by atoms with Gasteiger partial charge in [0.2, 0.25) is 0 Å². The van der Waals surface area contributed by atoms with Crippen molar-refractivity contribution in [3.63, 3.8) is 0 Å². The second-order valence-corrected chi connectivity index (χ2v) is 9.33. The molecule has 32 heavy (non-hydrogen) atoms. The van der Waals surface area contributed by atoms with E-state index in [1.54, 1.807) is 0 Å². The van der Waals surface area contributed by atoms with Gasteiger partial charge >= 0.3 is 0 Å². The normalized spacial score (nSPS) is 17.9. The van der Waals surface area contributed by atoms with Gasteiger partial charge in [-0.1, -0.05) is 72.3 Å². The van der Waals surface area contributed by atoms with E-state index in [1.165, 1.54) is 16.7 Å². The molecule has 0 fully saturated rings. The summed E-state index contributed by atoms with van der Waals surface area (Å²) >= 11 is 6.13. The van der Waals surface area contributed by atoms with E-state index in [-0.39, 0.29) is 11.7 Å². The Balaban J connectivity index is 1.39. The zero-order valence-electron chi connectivity index (χ0n) is 18.4. The van der Waals surface area contributed by atoms with Gasteiger partial charge < -0.3 is 4.74 Å². The van der Waals surface area contributed by atoms with Crippen LogP contribution in [0.1, 0.15) is 54.3 Å². The number of halogens is 1. The SMILES string of the molecule is CC1(C)OC(c2cccc(C=Cc3ccc4ccc(Cl)cc4n3)c2)CCc2ccccc21. The predicted molar refractivity (Wildman–Crippen MR) is 134 cm³/mol. The highest BCUT2D eigenvalue weighted by atomic mass is 35.5. The Morgan fingerprint density at radius 1 is 0.938 bits per heavy atom. The molecule has 1 aromatic heterocycles. The number of aryl methyl sites for hydroxylation is 1. The van der Waals surface area contributed by atoms with Gasteiger partial charge in [0.15, 0.2) is 0 Å². The van der Waals surface area contributed by atoms with Crippen molar-refractivity contribution >= 4 is 34.7 Å². The van der Waals surface area contributed by atoms with Crippen molar-refractivity contribution in [2.75, 3.05) is 0 Å². The lowest BCUT2D eigenvalue weighted by atomic mass is 9.92. The fourth-order valence-electron chi connectivity index (χ4n) is 4.57. The molecule has 1 unspecified atom stereocenters. The van der Waals surface area contributed by atoms with Gasteiger partial charge in [0, 0.05) is 10.4 Å². The summed E-state index contributed by atoms with van der Waals surface area (Å²) in [5.74, 6) is 0. The maximum Gasteiger partial charge on any atom is 0.0886 e. The summed E-state index contributed by atoms with van der Waals surface area (Å²) in [4.78, 5) is 4.72. The minimum absolute atomic E-state index is 0.0617. The number of rotatable bonds is 3. The van der Waals surface area contributed by atoms with Crippen LogP contribution in [0, 0.1) is 0 Å². The zero-order chi connectivity index (χ0) is 22.1. The van der Waals surface area contributed by atoms with Crippen LogP contribution in [0.25, 0.3) is 23.1 Å². The first-order valence-electron chi connectivity index (χ1n) is 11.1. The molecule has 0 bridgehead atoms. The minimum atomic E-state index is -0.320. The van der Waals surface area contributed by atoms with E-state index in [2.05, 4.69) is 74.5 Å². The second-order valence-electron chi connectivity index (χ2n) is 8.89. The standard InChI is InChI=1S/C29H26ClNO/c1-29(2)26-9-4-3-7-21(26)13-17-28(32-29)23-8-5-6-20(18-23)10-15-25-16-12-22-11-14-24(30)19-27(22)31-25/h3-12,14-16,18-19,28H,13,17H2,1-2H3. The van der Waals surface area contributed by atoms with Crippen molar-refractivity contribution < 1.29 is 4.74 Å². The van der Waals surface area contributed by atoms with Crippen LogP contribution in [0.5, 0.6) is 0 Å². The highest BCUT2D eigenvalue weighted by Gasteiger charge is 2.31. The second kappa shape index (κ2) is 8.54. The summed E-state index contributed by atoms with van der Waals surface area (Å²) in [7, 11) is 0. The van der Waals surface area contributed by atoms with Crippen LogP contribution in [-0.2, 0) is 16.8 Å². The molecule has 0 saturated carbocycles. The Hall–Kier alpha value is -2.94. The molecule has 0 aliphatic carbocycles. The van der Waals surface area contributed by atoms with Gasteiger partial charge in [-0.3, -0.25) is 0 Å². The van der Waals surface area contributed by atoms with Crippen molar-refractivity contribution in [2.45, 2.75) is 38.4 Å². The topological polar surface area (TPSA) is 22.1 Å². The van der Waals surface area contributed by atoms with Crippen molar-refractivity contribution in [3.8, 4) is 0 Å². The van der Waals surface area contributed by atoms with Gasteiger partial charge in [-0.05, 0) is 79.3 Å². The summed E-state index contributed by atoms with van der Waals surface area (Å²) in [6.45, 7) is 4.34. The van der Waals surface area contributed by atoms with Gasteiger partial charge in [0.1, 0.15) is 0 Å². The van der Waals surface area contributed by atoms with Crippen molar-refractivity contribution in [1.82, 2.24) is 4.98 Å². The molecule has 3 aromatic carbocycles. The molecule has 0 amide bonds. The molecule has 1 aliphatic rings. The number of aromatic nitrogens is 1. The first kappa shape index (κ1) is 20.9. The average molecular weight is 440 g/mol.